The molecule has 0 bridgehead atoms. The van der Waals surface area contributed by atoms with Gasteiger partial charge in [-0.25, -0.2) is 4.39 Å². The van der Waals surface area contributed by atoms with Gasteiger partial charge in [-0.05, 0) is 48.2 Å². The Kier molecular flexibility index (Phi) is 5.54. The summed E-state index contributed by atoms with van der Waals surface area (Å²) >= 11 is 3.44. The quantitative estimate of drug-likeness (QED) is 0.780. The molecule has 0 heterocycles. The molecule has 0 radical (unpaired) electrons. The molecule has 0 aliphatic heterocycles. The summed E-state index contributed by atoms with van der Waals surface area (Å²) < 4.78 is 14.0. The van der Waals surface area contributed by atoms with Crippen LogP contribution >= 0.6 is 15.9 Å². The Morgan fingerprint density at radius 3 is 2.19 bits per heavy atom. The monoisotopic (exact) mass is 349 g/mol. The minimum absolute atomic E-state index is 0.215. The minimum atomic E-state index is -0.215. The van der Waals surface area contributed by atoms with Gasteiger partial charge in [0.1, 0.15) is 5.82 Å². The molecule has 2 aromatic rings. The Bertz CT molecular complexity index is 593. The number of likely N-dealkylation sites (N-methyl/N-ethyl adjacent to an activating group) is 1. The molecule has 1 nitrogen and oxygen atoms in total. The second-order valence-electron chi connectivity index (χ2n) is 5.60. The van der Waals surface area contributed by atoms with Crippen LogP contribution in [0, 0.1) is 5.82 Å². The molecule has 2 rings (SSSR count). The molecule has 21 heavy (non-hydrogen) atoms. The second-order valence-corrected chi connectivity index (χ2v) is 6.46. The summed E-state index contributed by atoms with van der Waals surface area (Å²) in [5.41, 5.74) is 3.69. The SMILES string of the molecule is CNC(Cc1ccc(F)cc1Br)c1ccc(C(C)C)cc1. The van der Waals surface area contributed by atoms with Crippen LogP contribution in [-0.2, 0) is 6.42 Å². The van der Waals surface area contributed by atoms with Crippen molar-refractivity contribution in [3.8, 4) is 0 Å². The van der Waals surface area contributed by atoms with E-state index >= 15 is 0 Å². The Labute approximate surface area is 134 Å². The molecular formula is C18H21BrFN. The minimum Gasteiger partial charge on any atom is -0.313 e. The van der Waals surface area contributed by atoms with Gasteiger partial charge in [0, 0.05) is 10.5 Å². The highest BCUT2D eigenvalue weighted by Crippen LogP contribution is 2.25. The zero-order valence-electron chi connectivity index (χ0n) is 12.7. The predicted molar refractivity (Wildman–Crippen MR) is 90.1 cm³/mol. The van der Waals surface area contributed by atoms with Crippen LogP contribution in [0.3, 0.4) is 0 Å². The third kappa shape index (κ3) is 4.14. The van der Waals surface area contributed by atoms with Crippen molar-refractivity contribution in [2.75, 3.05) is 7.05 Å². The van der Waals surface area contributed by atoms with E-state index in [0.717, 1.165) is 16.5 Å². The Balaban J connectivity index is 2.19. The molecule has 0 aromatic heterocycles. The molecule has 0 saturated heterocycles. The summed E-state index contributed by atoms with van der Waals surface area (Å²) in [6.07, 6.45) is 0.818. The fraction of sp³-hybridized carbons (Fsp3) is 0.333. The predicted octanol–water partition coefficient (Wildman–Crippen LogP) is 5.21. The summed E-state index contributed by atoms with van der Waals surface area (Å²) in [6.45, 7) is 4.39. The highest BCUT2D eigenvalue weighted by Gasteiger charge is 2.13. The highest BCUT2D eigenvalue weighted by atomic mass is 79.9. The lowest BCUT2D eigenvalue weighted by Gasteiger charge is -2.18. The van der Waals surface area contributed by atoms with Crippen LogP contribution < -0.4 is 5.32 Å². The zero-order chi connectivity index (χ0) is 15.4. The van der Waals surface area contributed by atoms with Crippen molar-refractivity contribution in [2.45, 2.75) is 32.2 Å². The van der Waals surface area contributed by atoms with Gasteiger partial charge in [-0.15, -0.1) is 0 Å². The van der Waals surface area contributed by atoms with Crippen LogP contribution in [0.15, 0.2) is 46.9 Å². The average molecular weight is 350 g/mol. The van der Waals surface area contributed by atoms with Crippen molar-refractivity contribution in [2.24, 2.45) is 0 Å². The fourth-order valence-electron chi connectivity index (χ4n) is 2.41. The number of hydrogen-bond donors (Lipinski definition) is 1. The van der Waals surface area contributed by atoms with Crippen LogP contribution in [0.5, 0.6) is 0 Å². The van der Waals surface area contributed by atoms with Gasteiger partial charge in [0.15, 0.2) is 0 Å². The van der Waals surface area contributed by atoms with Crippen LogP contribution in [0.25, 0.3) is 0 Å². The zero-order valence-corrected chi connectivity index (χ0v) is 14.2. The third-order valence-electron chi connectivity index (χ3n) is 3.79. The number of benzene rings is 2. The molecule has 0 aliphatic carbocycles. The van der Waals surface area contributed by atoms with Crippen LogP contribution in [-0.4, -0.2) is 7.05 Å². The Hall–Kier alpha value is -1.19. The summed E-state index contributed by atoms with van der Waals surface area (Å²) in [5.74, 6) is 0.325. The van der Waals surface area contributed by atoms with Gasteiger partial charge in [0.25, 0.3) is 0 Å². The lowest BCUT2D eigenvalue weighted by Crippen LogP contribution is -2.19. The maximum Gasteiger partial charge on any atom is 0.124 e. The second kappa shape index (κ2) is 7.19. The lowest BCUT2D eigenvalue weighted by atomic mass is 9.95. The van der Waals surface area contributed by atoms with E-state index in [1.165, 1.54) is 23.3 Å². The van der Waals surface area contributed by atoms with Crippen molar-refractivity contribution in [1.82, 2.24) is 5.32 Å². The summed E-state index contributed by atoms with van der Waals surface area (Å²) in [7, 11) is 1.96. The molecule has 1 N–H and O–H groups in total. The molecule has 2 aromatic carbocycles. The van der Waals surface area contributed by atoms with Gasteiger partial charge < -0.3 is 5.32 Å². The van der Waals surface area contributed by atoms with E-state index in [1.54, 1.807) is 0 Å². The third-order valence-corrected chi connectivity index (χ3v) is 4.53. The fourth-order valence-corrected chi connectivity index (χ4v) is 2.92. The van der Waals surface area contributed by atoms with Gasteiger partial charge in [-0.1, -0.05) is 60.1 Å². The van der Waals surface area contributed by atoms with Gasteiger partial charge in [0.05, 0.1) is 0 Å². The van der Waals surface area contributed by atoms with E-state index in [0.29, 0.717) is 5.92 Å². The van der Waals surface area contributed by atoms with E-state index in [2.05, 4.69) is 59.4 Å². The molecule has 1 atom stereocenters. The Morgan fingerprint density at radius 2 is 1.67 bits per heavy atom. The normalized spacial score (nSPS) is 12.7. The molecule has 0 fully saturated rings. The molecule has 0 aliphatic rings. The first-order valence-corrected chi connectivity index (χ1v) is 8.01. The molecule has 0 saturated carbocycles. The first-order chi connectivity index (χ1) is 10.0. The number of hydrogen-bond acceptors (Lipinski definition) is 1. The van der Waals surface area contributed by atoms with Gasteiger partial charge >= 0.3 is 0 Å². The van der Waals surface area contributed by atoms with Crippen molar-refractivity contribution >= 4 is 15.9 Å². The van der Waals surface area contributed by atoms with Crippen LogP contribution in [0.4, 0.5) is 4.39 Å². The van der Waals surface area contributed by atoms with Crippen LogP contribution in [0.2, 0.25) is 0 Å². The standard InChI is InChI=1S/C18H21BrFN/c1-12(2)13-4-6-14(7-5-13)18(21-3)10-15-8-9-16(20)11-17(15)19/h4-9,11-12,18,21H,10H2,1-3H3. The largest absolute Gasteiger partial charge is 0.313 e. The maximum absolute atomic E-state index is 13.2. The first kappa shape index (κ1) is 16.2. The highest BCUT2D eigenvalue weighted by molar-refractivity contribution is 9.10. The van der Waals surface area contributed by atoms with Crippen molar-refractivity contribution in [1.29, 1.82) is 0 Å². The molecular weight excluding hydrogens is 329 g/mol. The van der Waals surface area contributed by atoms with Crippen molar-refractivity contribution < 1.29 is 4.39 Å². The Morgan fingerprint density at radius 1 is 1.05 bits per heavy atom. The number of rotatable bonds is 5. The first-order valence-electron chi connectivity index (χ1n) is 7.22. The molecule has 0 amide bonds. The van der Waals surface area contributed by atoms with Crippen molar-refractivity contribution in [3.63, 3.8) is 0 Å². The topological polar surface area (TPSA) is 12.0 Å². The molecule has 112 valence electrons. The average Bonchev–Trinajstić information content (AvgIpc) is 2.47. The lowest BCUT2D eigenvalue weighted by molar-refractivity contribution is 0.587. The van der Waals surface area contributed by atoms with E-state index in [9.17, 15) is 4.39 Å². The van der Waals surface area contributed by atoms with E-state index in [4.69, 9.17) is 0 Å². The number of halogens is 2. The smallest absolute Gasteiger partial charge is 0.124 e. The van der Waals surface area contributed by atoms with Crippen molar-refractivity contribution in [3.05, 3.63) is 69.4 Å². The summed E-state index contributed by atoms with van der Waals surface area (Å²) in [4.78, 5) is 0. The summed E-state index contributed by atoms with van der Waals surface area (Å²) in [6, 6.07) is 13.8. The molecule has 0 spiro atoms. The van der Waals surface area contributed by atoms with E-state index in [-0.39, 0.29) is 11.9 Å². The van der Waals surface area contributed by atoms with Crippen LogP contribution in [0.1, 0.15) is 42.5 Å². The van der Waals surface area contributed by atoms with E-state index in [1.807, 2.05) is 13.1 Å². The van der Waals surface area contributed by atoms with Gasteiger partial charge in [0.2, 0.25) is 0 Å². The maximum atomic E-state index is 13.2. The molecule has 1 unspecified atom stereocenters. The number of nitrogens with one attached hydrogen (secondary N) is 1. The van der Waals surface area contributed by atoms with Gasteiger partial charge in [-0.2, -0.15) is 0 Å². The van der Waals surface area contributed by atoms with Gasteiger partial charge in [-0.3, -0.25) is 0 Å². The molecule has 3 heteroatoms. The summed E-state index contributed by atoms with van der Waals surface area (Å²) in [5, 5.41) is 3.34. The van der Waals surface area contributed by atoms with E-state index < -0.39 is 0 Å².